The van der Waals surface area contributed by atoms with Crippen molar-refractivity contribution < 1.29 is 19.0 Å². The van der Waals surface area contributed by atoms with Crippen molar-refractivity contribution >= 4 is 39.6 Å². The number of hydrogen-bond donors (Lipinski definition) is 2. The number of nitrogens with one attached hydrogen (secondary N) is 1. The Morgan fingerprint density at radius 1 is 1.09 bits per heavy atom. The van der Waals surface area contributed by atoms with Crippen LogP contribution in [0.3, 0.4) is 0 Å². The maximum absolute atomic E-state index is 14.0. The number of carbonyl (C=O) groups is 1. The summed E-state index contributed by atoms with van der Waals surface area (Å²) >= 11 is 0. The summed E-state index contributed by atoms with van der Waals surface area (Å²) in [5, 5.41) is 17.4. The highest BCUT2D eigenvalue weighted by molar-refractivity contribution is 5.96. The number of rotatable bonds is 4. The molecular formula is C25H23FN4O3. The Morgan fingerprint density at radius 3 is 2.55 bits per heavy atom. The van der Waals surface area contributed by atoms with Gasteiger partial charge in [-0.25, -0.2) is 9.18 Å². The zero-order chi connectivity index (χ0) is 23.3. The third-order valence-electron chi connectivity index (χ3n) is 6.03. The number of nitrogens with zero attached hydrogens (tertiary/aromatic N) is 3. The van der Waals surface area contributed by atoms with Crippen LogP contribution in [0.1, 0.15) is 24.2 Å². The third-order valence-corrected chi connectivity index (χ3v) is 6.03. The Kier molecular flexibility index (Phi) is 4.74. The van der Waals surface area contributed by atoms with Gasteiger partial charge in [-0.05, 0) is 62.4 Å². The molecule has 0 bridgehead atoms. The lowest BCUT2D eigenvalue weighted by atomic mass is 9.93. The van der Waals surface area contributed by atoms with Crippen LogP contribution in [-0.2, 0) is 0 Å². The van der Waals surface area contributed by atoms with Crippen molar-refractivity contribution in [1.82, 2.24) is 10.2 Å². The topological polar surface area (TPSA) is 81.7 Å². The van der Waals surface area contributed by atoms with Crippen molar-refractivity contribution in [2.24, 2.45) is 0 Å². The van der Waals surface area contributed by atoms with Crippen molar-refractivity contribution in [3.63, 3.8) is 0 Å². The molecule has 5 rings (SSSR count). The van der Waals surface area contributed by atoms with Gasteiger partial charge in [-0.2, -0.15) is 5.10 Å². The molecule has 1 aliphatic heterocycles. The molecular weight excluding hydrogens is 423 g/mol. The van der Waals surface area contributed by atoms with Gasteiger partial charge in [0.1, 0.15) is 11.6 Å². The fourth-order valence-electron chi connectivity index (χ4n) is 4.54. The number of fused-ring (bicyclic) bond motifs is 2. The zero-order valence-corrected chi connectivity index (χ0v) is 18.5. The van der Waals surface area contributed by atoms with E-state index in [2.05, 4.69) is 39.9 Å². The smallest absolute Gasteiger partial charge is 0.335 e. The molecule has 0 unspecified atom stereocenters. The van der Waals surface area contributed by atoms with Gasteiger partial charge in [0, 0.05) is 23.7 Å². The molecule has 0 amide bonds. The Morgan fingerprint density at radius 2 is 1.85 bits per heavy atom. The van der Waals surface area contributed by atoms with E-state index in [-0.39, 0.29) is 11.4 Å². The largest absolute Gasteiger partial charge is 0.494 e. The number of ether oxygens (including phenoxy) is 1. The van der Waals surface area contributed by atoms with E-state index in [1.807, 2.05) is 18.2 Å². The monoisotopic (exact) mass is 446 g/mol. The minimum absolute atomic E-state index is 0.233. The molecule has 0 saturated heterocycles. The first-order chi connectivity index (χ1) is 15.8. The minimum Gasteiger partial charge on any atom is -0.494 e. The number of halogens is 1. The average Bonchev–Trinajstić information content (AvgIpc) is 3.25. The van der Waals surface area contributed by atoms with Crippen molar-refractivity contribution in [3.8, 4) is 5.75 Å². The van der Waals surface area contributed by atoms with Crippen LogP contribution in [-0.4, -0.2) is 40.5 Å². The molecule has 168 valence electrons. The highest BCUT2D eigenvalue weighted by Crippen LogP contribution is 2.50. The molecule has 1 aromatic heterocycles. The predicted molar refractivity (Wildman–Crippen MR) is 126 cm³/mol. The van der Waals surface area contributed by atoms with Gasteiger partial charge < -0.3 is 19.6 Å². The molecule has 33 heavy (non-hydrogen) atoms. The third kappa shape index (κ3) is 3.44. The number of methoxy groups -OCH3 is 1. The van der Waals surface area contributed by atoms with Gasteiger partial charge in [0.2, 0.25) is 0 Å². The quantitative estimate of drug-likeness (QED) is 0.432. The summed E-state index contributed by atoms with van der Waals surface area (Å²) in [5.74, 6) is -0.883. The van der Waals surface area contributed by atoms with Crippen LogP contribution < -0.4 is 14.5 Å². The first-order valence-corrected chi connectivity index (χ1v) is 10.5. The lowest BCUT2D eigenvalue weighted by Gasteiger charge is -2.50. The summed E-state index contributed by atoms with van der Waals surface area (Å²) in [7, 11) is 1.53. The van der Waals surface area contributed by atoms with Crippen LogP contribution in [0.25, 0.3) is 10.9 Å². The number of aromatic amines is 1. The number of anilines is 4. The molecule has 3 aromatic carbocycles. The number of H-pyrrole nitrogens is 1. The summed E-state index contributed by atoms with van der Waals surface area (Å²) in [6.45, 7) is 4.81. The van der Waals surface area contributed by atoms with Crippen molar-refractivity contribution in [1.29, 1.82) is 0 Å². The highest BCUT2D eigenvalue weighted by Gasteiger charge is 2.40. The molecule has 7 nitrogen and oxygen atoms in total. The molecule has 8 heteroatoms. The molecule has 0 radical (unpaired) electrons. The highest BCUT2D eigenvalue weighted by atomic mass is 19.1. The predicted octanol–water partition coefficient (Wildman–Crippen LogP) is 5.48. The van der Waals surface area contributed by atoms with Crippen LogP contribution in [0.4, 0.5) is 27.1 Å². The maximum Gasteiger partial charge on any atom is 0.335 e. The van der Waals surface area contributed by atoms with Crippen LogP contribution in [0.15, 0.2) is 60.8 Å². The second-order valence-corrected chi connectivity index (χ2v) is 8.70. The maximum atomic E-state index is 14.0. The second-order valence-electron chi connectivity index (χ2n) is 8.70. The van der Waals surface area contributed by atoms with Crippen LogP contribution in [0.5, 0.6) is 5.75 Å². The van der Waals surface area contributed by atoms with Gasteiger partial charge in [-0.1, -0.05) is 0 Å². The van der Waals surface area contributed by atoms with Crippen molar-refractivity contribution in [2.45, 2.75) is 19.4 Å². The van der Waals surface area contributed by atoms with E-state index in [1.54, 1.807) is 24.4 Å². The van der Waals surface area contributed by atoms with Gasteiger partial charge >= 0.3 is 5.97 Å². The molecule has 2 heterocycles. The van der Waals surface area contributed by atoms with E-state index in [4.69, 9.17) is 4.74 Å². The SMILES string of the molecule is COc1cc(F)ccc1N1c2cc3cn[nH]c3cc2N(c2ccc(C(=O)O)cc2)CC1(C)C. The minimum atomic E-state index is -0.963. The fourth-order valence-corrected chi connectivity index (χ4v) is 4.54. The summed E-state index contributed by atoms with van der Waals surface area (Å²) in [5.41, 5.74) is 4.14. The number of benzene rings is 3. The number of hydrogen-bond acceptors (Lipinski definition) is 5. The number of carboxylic acids is 1. The van der Waals surface area contributed by atoms with Gasteiger partial charge in [-0.15, -0.1) is 0 Å². The van der Waals surface area contributed by atoms with E-state index in [1.165, 1.54) is 19.2 Å². The number of aromatic nitrogens is 2. The Labute approximate surface area is 190 Å². The van der Waals surface area contributed by atoms with Gasteiger partial charge in [0.05, 0.1) is 47.0 Å². The molecule has 1 aliphatic rings. The first-order valence-electron chi connectivity index (χ1n) is 10.5. The Bertz CT molecular complexity index is 1360. The Hall–Kier alpha value is -4.07. The lowest BCUT2D eigenvalue weighted by Crippen LogP contribution is -2.52. The summed E-state index contributed by atoms with van der Waals surface area (Å²) in [4.78, 5) is 15.6. The van der Waals surface area contributed by atoms with E-state index < -0.39 is 11.5 Å². The molecule has 0 fully saturated rings. The normalized spacial score (nSPS) is 14.9. The standard InChI is InChI=1S/C25H23FN4O3/c1-25(2)14-29(18-7-4-15(5-8-18)24(31)32)21-12-19-16(13-27-28-19)10-22(21)30(25)20-9-6-17(26)11-23(20)33-3/h4-13H,14H2,1-3H3,(H,27,28)(H,31,32). The number of aromatic carboxylic acids is 1. The van der Waals surface area contributed by atoms with Gasteiger partial charge in [0.25, 0.3) is 0 Å². The van der Waals surface area contributed by atoms with E-state index in [0.29, 0.717) is 12.3 Å². The van der Waals surface area contributed by atoms with E-state index >= 15 is 0 Å². The van der Waals surface area contributed by atoms with Crippen molar-refractivity contribution in [2.75, 3.05) is 23.5 Å². The van der Waals surface area contributed by atoms with Crippen LogP contribution >= 0.6 is 0 Å². The lowest BCUT2D eigenvalue weighted by molar-refractivity contribution is 0.0697. The molecule has 0 atom stereocenters. The summed E-state index contributed by atoms with van der Waals surface area (Å²) < 4.78 is 19.5. The molecule has 2 N–H and O–H groups in total. The van der Waals surface area contributed by atoms with Crippen LogP contribution in [0.2, 0.25) is 0 Å². The Balaban J connectivity index is 1.73. The van der Waals surface area contributed by atoms with Crippen LogP contribution in [0, 0.1) is 5.82 Å². The summed E-state index contributed by atoms with van der Waals surface area (Å²) in [6, 6.07) is 15.5. The van der Waals surface area contributed by atoms with Gasteiger partial charge in [0.15, 0.2) is 0 Å². The molecule has 4 aromatic rings. The fraction of sp³-hybridized carbons (Fsp3) is 0.200. The zero-order valence-electron chi connectivity index (χ0n) is 18.5. The van der Waals surface area contributed by atoms with E-state index in [0.717, 1.165) is 33.7 Å². The summed E-state index contributed by atoms with van der Waals surface area (Å²) in [6.07, 6.45) is 1.77. The average molecular weight is 446 g/mol. The molecule has 0 saturated carbocycles. The van der Waals surface area contributed by atoms with Crippen molar-refractivity contribution in [3.05, 3.63) is 72.2 Å². The first kappa shape index (κ1) is 20.8. The van der Waals surface area contributed by atoms with E-state index in [9.17, 15) is 14.3 Å². The molecule has 0 aliphatic carbocycles. The van der Waals surface area contributed by atoms with Gasteiger partial charge in [-0.3, -0.25) is 5.10 Å². The number of carboxylic acid groups (broad SMARTS) is 1. The second kappa shape index (κ2) is 7.51. The molecule has 0 spiro atoms.